The van der Waals surface area contributed by atoms with Crippen molar-refractivity contribution in [2.24, 2.45) is 0 Å². The molecule has 0 spiro atoms. The average Bonchev–Trinajstić information content (AvgIpc) is 2.54. The Bertz CT molecular complexity index is 390. The van der Waals surface area contributed by atoms with E-state index in [4.69, 9.17) is 5.11 Å². The molecule has 0 saturated heterocycles. The first kappa shape index (κ1) is 24.1. The molecule has 0 aliphatic carbocycles. The molecule has 0 radical (unpaired) electrons. The molecule has 0 bridgehead atoms. The fourth-order valence-electron chi connectivity index (χ4n) is 2.31. The van der Waals surface area contributed by atoms with Crippen molar-refractivity contribution in [3.8, 4) is 0 Å². The maximum Gasteiger partial charge on any atom is 0.134 e. The Morgan fingerprint density at radius 3 is 2.00 bits per heavy atom. The van der Waals surface area contributed by atoms with Gasteiger partial charge in [0.15, 0.2) is 0 Å². The van der Waals surface area contributed by atoms with E-state index < -0.39 is 6.09 Å². The number of hydrogen-bond donors (Lipinski definition) is 2. The lowest BCUT2D eigenvalue weighted by Gasteiger charge is -2.34. The third-order valence-electron chi connectivity index (χ3n) is 4.11. The highest BCUT2D eigenvalue weighted by Crippen LogP contribution is 2.03. The lowest BCUT2D eigenvalue weighted by molar-refractivity contribution is -0.923. The van der Waals surface area contributed by atoms with Crippen LogP contribution in [-0.4, -0.2) is 55.0 Å². The van der Waals surface area contributed by atoms with Gasteiger partial charge in [0.05, 0.1) is 26.2 Å². The van der Waals surface area contributed by atoms with Gasteiger partial charge in [-0.2, -0.15) is 0 Å². The Hall–Kier alpha value is -1.11. The van der Waals surface area contributed by atoms with Gasteiger partial charge in [-0.1, -0.05) is 30.3 Å². The number of nitrogens with one attached hydrogen (secondary N) is 1. The predicted molar refractivity (Wildman–Crippen MR) is 87.4 cm³/mol. The molecule has 6 heteroatoms. The summed E-state index contributed by atoms with van der Waals surface area (Å²) in [5, 5.41) is 20.9. The van der Waals surface area contributed by atoms with E-state index in [-0.39, 0.29) is 17.0 Å². The van der Waals surface area contributed by atoms with Gasteiger partial charge in [0.2, 0.25) is 0 Å². The predicted octanol–water partition coefficient (Wildman–Crippen LogP) is -1.98. The number of aliphatic hydroxyl groups is 1. The quantitative estimate of drug-likeness (QED) is 0.506. The summed E-state index contributed by atoms with van der Waals surface area (Å²) in [6.07, 6.45) is -0.514. The number of aliphatic hydroxyl groups excluding tert-OH is 1. The van der Waals surface area contributed by atoms with Crippen LogP contribution in [0.4, 0.5) is 4.79 Å². The summed E-state index contributed by atoms with van der Waals surface area (Å²) in [5.74, 6) is 0. The lowest BCUT2D eigenvalue weighted by Crippen LogP contribution is -3.00. The van der Waals surface area contributed by atoms with E-state index in [1.807, 2.05) is 30.3 Å². The number of benzene rings is 1. The highest BCUT2D eigenvalue weighted by Gasteiger charge is 2.18. The Morgan fingerprint density at radius 2 is 1.65 bits per heavy atom. The molecular formula is C17H30BrN2O3-. The van der Waals surface area contributed by atoms with Crippen molar-refractivity contribution in [2.75, 3.05) is 39.3 Å². The number of carbonyl (C=O) groups is 1. The number of quaternary nitrogens is 1. The van der Waals surface area contributed by atoms with Crippen LogP contribution in [0.25, 0.3) is 0 Å². The van der Waals surface area contributed by atoms with E-state index >= 15 is 0 Å². The summed E-state index contributed by atoms with van der Waals surface area (Å²) in [6.45, 7) is 11.6. The third kappa shape index (κ3) is 11.1. The van der Waals surface area contributed by atoms with Crippen LogP contribution in [0.2, 0.25) is 0 Å². The molecule has 0 saturated carbocycles. The molecule has 1 aromatic rings. The van der Waals surface area contributed by atoms with E-state index in [1.54, 1.807) is 0 Å². The van der Waals surface area contributed by atoms with Crippen LogP contribution in [0.3, 0.4) is 0 Å². The number of nitrogens with zero attached hydrogens (tertiary/aromatic N) is 1. The van der Waals surface area contributed by atoms with Crippen molar-refractivity contribution < 1.29 is 36.5 Å². The largest absolute Gasteiger partial charge is 1.00 e. The van der Waals surface area contributed by atoms with Gasteiger partial charge in [0.1, 0.15) is 12.6 Å². The van der Waals surface area contributed by atoms with Gasteiger partial charge in [-0.25, -0.2) is 0 Å². The zero-order valence-corrected chi connectivity index (χ0v) is 16.0. The average molecular weight is 390 g/mol. The summed E-state index contributed by atoms with van der Waals surface area (Å²) in [7, 11) is 0. The summed E-state index contributed by atoms with van der Waals surface area (Å²) >= 11 is 0. The molecule has 0 fully saturated rings. The van der Waals surface area contributed by atoms with Gasteiger partial charge in [0.25, 0.3) is 0 Å². The van der Waals surface area contributed by atoms with Gasteiger partial charge >= 0.3 is 0 Å². The normalized spacial score (nSPS) is 10.1. The molecule has 5 nitrogen and oxygen atoms in total. The van der Waals surface area contributed by atoms with Crippen LogP contribution in [0, 0.1) is 0 Å². The van der Waals surface area contributed by atoms with Gasteiger partial charge < -0.3 is 41.8 Å². The maximum atomic E-state index is 9.97. The number of likely N-dealkylation sites (N-methyl/N-ethyl adjacent to an activating group) is 1. The van der Waals surface area contributed by atoms with E-state index in [0.717, 1.165) is 36.2 Å². The minimum atomic E-state index is -1.22. The van der Waals surface area contributed by atoms with Crippen molar-refractivity contribution in [1.29, 1.82) is 0 Å². The molecule has 23 heavy (non-hydrogen) atoms. The number of halogens is 1. The molecule has 0 aliphatic heterocycles. The van der Waals surface area contributed by atoms with Gasteiger partial charge in [0, 0.05) is 6.54 Å². The summed E-state index contributed by atoms with van der Waals surface area (Å²) in [4.78, 5) is 9.97. The molecule has 0 unspecified atom stereocenters. The second-order valence-corrected chi connectivity index (χ2v) is 5.19. The minimum absolute atomic E-state index is 0. The second kappa shape index (κ2) is 14.5. The molecule has 1 amide bonds. The van der Waals surface area contributed by atoms with Gasteiger partial charge in [-0.3, -0.25) is 0 Å². The molecule has 1 aromatic carbocycles. The highest BCUT2D eigenvalue weighted by atomic mass is 79.9. The fraction of sp³-hybridized carbons (Fsp3) is 0.588. The van der Waals surface area contributed by atoms with E-state index in [9.17, 15) is 9.90 Å². The fourth-order valence-corrected chi connectivity index (χ4v) is 2.31. The molecular weight excluding hydrogens is 360 g/mol. The smallest absolute Gasteiger partial charge is 0.134 e. The molecule has 1 rings (SSSR count). The van der Waals surface area contributed by atoms with Crippen molar-refractivity contribution in [3.63, 3.8) is 0 Å². The molecule has 0 atom stereocenters. The number of amides is 1. The first-order valence-electron chi connectivity index (χ1n) is 7.98. The number of carboxylic acid groups (broad SMARTS) is 1. The topological polar surface area (TPSA) is 72.4 Å². The van der Waals surface area contributed by atoms with Gasteiger partial charge in [-0.05, 0) is 32.8 Å². The molecule has 0 aliphatic rings. The number of rotatable bonds is 8. The van der Waals surface area contributed by atoms with Crippen LogP contribution in [-0.2, 0) is 6.42 Å². The zero-order valence-electron chi connectivity index (χ0n) is 14.4. The van der Waals surface area contributed by atoms with E-state index in [0.29, 0.717) is 19.6 Å². The van der Waals surface area contributed by atoms with E-state index in [2.05, 4.69) is 26.1 Å². The Balaban J connectivity index is 0. The summed E-state index contributed by atoms with van der Waals surface area (Å²) in [6, 6.07) is 9.69. The Labute approximate surface area is 150 Å². The molecule has 134 valence electrons. The molecule has 0 aromatic heterocycles. The molecule has 2 N–H and O–H groups in total. The van der Waals surface area contributed by atoms with Crippen molar-refractivity contribution in [1.82, 2.24) is 5.32 Å². The zero-order chi connectivity index (χ0) is 16.8. The minimum Gasteiger partial charge on any atom is -1.00 e. The monoisotopic (exact) mass is 389 g/mol. The number of hydrogen-bond acceptors (Lipinski definition) is 3. The lowest BCUT2D eigenvalue weighted by atomic mass is 10.1. The second-order valence-electron chi connectivity index (χ2n) is 5.19. The van der Waals surface area contributed by atoms with Crippen LogP contribution >= 0.6 is 0 Å². The Morgan fingerprint density at radius 1 is 1.13 bits per heavy atom. The van der Waals surface area contributed by atoms with Crippen molar-refractivity contribution >= 4 is 6.09 Å². The number of carbonyl (C=O) groups excluding carboxylic acids is 1. The first-order chi connectivity index (χ1) is 10.5. The van der Waals surface area contributed by atoms with Crippen molar-refractivity contribution in [3.05, 3.63) is 35.9 Å². The summed E-state index contributed by atoms with van der Waals surface area (Å²) < 4.78 is 1.05. The van der Waals surface area contributed by atoms with Crippen LogP contribution in [0.5, 0.6) is 0 Å². The van der Waals surface area contributed by atoms with Crippen molar-refractivity contribution in [2.45, 2.75) is 27.2 Å². The SMILES string of the molecule is CC[N+](CC)(CC)CCO.O=C([O-])NCCc1ccccc1.[Br-]. The highest BCUT2D eigenvalue weighted by molar-refractivity contribution is 5.61. The standard InChI is InChI=1S/C9H11NO2.C8H20NO.BrH/c11-9(12)10-7-6-8-4-2-1-3-5-8;1-4-9(5-2,6-3)7-8-10;/h1-5,10H,6-7H2,(H,11,12);10H,4-8H2,1-3H3;1H/q;+1;/p-2. The maximum absolute atomic E-state index is 9.97. The first-order valence-corrected chi connectivity index (χ1v) is 7.98. The Kier molecular flexibility index (Phi) is 15.2. The van der Waals surface area contributed by atoms with E-state index in [1.165, 1.54) is 0 Å². The van der Waals surface area contributed by atoms with Crippen LogP contribution < -0.4 is 27.4 Å². The third-order valence-corrected chi connectivity index (χ3v) is 4.11. The van der Waals surface area contributed by atoms with Gasteiger partial charge in [-0.15, -0.1) is 0 Å². The van der Waals surface area contributed by atoms with Crippen LogP contribution in [0.15, 0.2) is 30.3 Å². The summed E-state index contributed by atoms with van der Waals surface area (Å²) in [5.41, 5.74) is 1.12. The molecule has 0 heterocycles. The van der Waals surface area contributed by atoms with Crippen LogP contribution in [0.1, 0.15) is 26.3 Å².